The number of piperidine rings is 2. The van der Waals surface area contributed by atoms with Gasteiger partial charge < -0.3 is 19.4 Å². The number of aromatic nitrogens is 3. The molecule has 2 N–H and O–H groups in total. The first-order chi connectivity index (χ1) is 25.4. The molecular weight excluding hydrogens is 685 g/mol. The van der Waals surface area contributed by atoms with Crippen LogP contribution >= 0.6 is 0 Å². The molecule has 3 aliphatic rings. The van der Waals surface area contributed by atoms with Crippen molar-refractivity contribution in [3.63, 3.8) is 0 Å². The van der Waals surface area contributed by atoms with Crippen LogP contribution in [0.1, 0.15) is 116 Å². The highest BCUT2D eigenvalue weighted by atomic mass is 19.4. The Balaban J connectivity index is 0.928. The number of nitrogens with zero attached hydrogens (tertiary/aromatic N) is 4. The number of alkyl halides is 3. The van der Waals surface area contributed by atoms with E-state index in [2.05, 4.69) is 44.8 Å². The van der Waals surface area contributed by atoms with Gasteiger partial charge in [0.15, 0.2) is 0 Å². The normalized spacial score (nSPS) is 21.9. The van der Waals surface area contributed by atoms with Gasteiger partial charge in [0, 0.05) is 37.3 Å². The standard InChI is InChI=1S/C40H45F3N6O4/c1-24(2)53-34-20-36-45-32(22-49(36)23-33(34)46-39(52)31-4-3-5-35(44-31)40(41,42)43)29-8-6-25(7-9-29)21-48-18-16-27(17-19-48)26-10-12-28(13-11-26)30-14-15-37(50)47-38(30)51/h3-5,10-13,20,22-25,27,29-30H,6-9,14-19,21H2,1-2H3,(H,46,52)(H,47,50,51)/t25-,29-,30-/m0/s1. The fourth-order valence-corrected chi connectivity index (χ4v) is 8.05. The summed E-state index contributed by atoms with van der Waals surface area (Å²) in [7, 11) is 0. The first-order valence-corrected chi connectivity index (χ1v) is 18.6. The minimum absolute atomic E-state index is 0.191. The molecule has 0 bridgehead atoms. The summed E-state index contributed by atoms with van der Waals surface area (Å²) in [5.41, 5.74) is 2.78. The van der Waals surface area contributed by atoms with Crippen LogP contribution in [0.15, 0.2) is 60.9 Å². The number of carbonyl (C=O) groups is 3. The molecule has 5 heterocycles. The van der Waals surface area contributed by atoms with E-state index in [-0.39, 0.29) is 29.5 Å². The molecule has 1 saturated carbocycles. The first-order valence-electron chi connectivity index (χ1n) is 18.6. The molecule has 3 aromatic heterocycles. The van der Waals surface area contributed by atoms with Gasteiger partial charge in [-0.25, -0.2) is 9.97 Å². The number of amides is 3. The molecular formula is C40H45F3N6O4. The number of halogens is 3. The molecule has 4 aromatic rings. The van der Waals surface area contributed by atoms with Crippen LogP contribution < -0.4 is 15.4 Å². The number of rotatable bonds is 9. The van der Waals surface area contributed by atoms with E-state index < -0.39 is 17.8 Å². The molecule has 0 radical (unpaired) electrons. The van der Waals surface area contributed by atoms with E-state index in [0.717, 1.165) is 81.5 Å². The Morgan fingerprint density at radius 1 is 0.925 bits per heavy atom. The van der Waals surface area contributed by atoms with Crippen LogP contribution in [0.2, 0.25) is 0 Å². The number of ether oxygens (including phenoxy) is 1. The third kappa shape index (κ3) is 8.56. The number of nitrogens with one attached hydrogen (secondary N) is 2. The molecule has 1 aliphatic carbocycles. The molecule has 3 amide bonds. The van der Waals surface area contributed by atoms with Crippen molar-refractivity contribution in [2.24, 2.45) is 5.92 Å². The van der Waals surface area contributed by atoms with E-state index in [1.165, 1.54) is 11.6 Å². The van der Waals surface area contributed by atoms with Crippen LogP contribution in [0, 0.1) is 5.92 Å². The van der Waals surface area contributed by atoms with Gasteiger partial charge in [-0.2, -0.15) is 13.2 Å². The summed E-state index contributed by atoms with van der Waals surface area (Å²) in [4.78, 5) is 47.9. The van der Waals surface area contributed by atoms with E-state index in [9.17, 15) is 27.6 Å². The van der Waals surface area contributed by atoms with E-state index in [1.54, 1.807) is 12.3 Å². The zero-order chi connectivity index (χ0) is 37.3. The van der Waals surface area contributed by atoms with Crippen molar-refractivity contribution in [1.82, 2.24) is 24.6 Å². The van der Waals surface area contributed by atoms with Gasteiger partial charge in [-0.15, -0.1) is 0 Å². The highest BCUT2D eigenvalue weighted by Gasteiger charge is 2.33. The van der Waals surface area contributed by atoms with E-state index in [4.69, 9.17) is 9.72 Å². The third-order valence-corrected chi connectivity index (χ3v) is 10.9. The second-order valence-electron chi connectivity index (χ2n) is 15.0. The number of carbonyl (C=O) groups excluding carboxylic acids is 3. The molecule has 1 aromatic carbocycles. The Labute approximate surface area is 306 Å². The van der Waals surface area contributed by atoms with Crippen molar-refractivity contribution >= 4 is 29.1 Å². The maximum Gasteiger partial charge on any atom is 0.433 e. The van der Waals surface area contributed by atoms with Gasteiger partial charge in [0.1, 0.15) is 28.5 Å². The van der Waals surface area contributed by atoms with Gasteiger partial charge in [0.2, 0.25) is 11.8 Å². The predicted molar refractivity (Wildman–Crippen MR) is 193 cm³/mol. The minimum atomic E-state index is -4.66. The average Bonchev–Trinajstić information content (AvgIpc) is 3.55. The molecule has 1 atom stereocenters. The largest absolute Gasteiger partial charge is 0.489 e. The highest BCUT2D eigenvalue weighted by molar-refractivity contribution is 6.03. The quantitative estimate of drug-likeness (QED) is 0.172. The van der Waals surface area contributed by atoms with Gasteiger partial charge in [0.25, 0.3) is 5.91 Å². The van der Waals surface area contributed by atoms with Crippen LogP contribution in [0.25, 0.3) is 5.65 Å². The van der Waals surface area contributed by atoms with Crippen molar-refractivity contribution < 1.29 is 32.3 Å². The molecule has 3 fully saturated rings. The van der Waals surface area contributed by atoms with E-state index in [0.29, 0.717) is 47.7 Å². The van der Waals surface area contributed by atoms with Crippen LogP contribution in [-0.2, 0) is 15.8 Å². The summed E-state index contributed by atoms with van der Waals surface area (Å²) < 4.78 is 47.5. The lowest BCUT2D eigenvalue weighted by atomic mass is 9.80. The second kappa shape index (κ2) is 15.3. The number of anilines is 1. The predicted octanol–water partition coefficient (Wildman–Crippen LogP) is 7.46. The molecule has 13 heteroatoms. The third-order valence-electron chi connectivity index (χ3n) is 10.9. The maximum atomic E-state index is 13.2. The Bertz CT molecular complexity index is 1960. The summed E-state index contributed by atoms with van der Waals surface area (Å²) in [5, 5.41) is 5.15. The molecule has 53 heavy (non-hydrogen) atoms. The highest BCUT2D eigenvalue weighted by Crippen LogP contribution is 2.38. The Hall–Kier alpha value is -4.78. The van der Waals surface area contributed by atoms with Crippen LogP contribution in [0.5, 0.6) is 5.75 Å². The zero-order valence-corrected chi connectivity index (χ0v) is 30.0. The lowest BCUT2D eigenvalue weighted by Gasteiger charge is -2.36. The molecule has 2 aliphatic heterocycles. The lowest BCUT2D eigenvalue weighted by molar-refractivity contribution is -0.141. The van der Waals surface area contributed by atoms with Crippen molar-refractivity contribution in [3.05, 3.63) is 89.1 Å². The summed E-state index contributed by atoms with van der Waals surface area (Å²) in [6, 6.07) is 13.4. The molecule has 0 unspecified atom stereocenters. The second-order valence-corrected chi connectivity index (χ2v) is 15.0. The van der Waals surface area contributed by atoms with Gasteiger partial charge in [-0.3, -0.25) is 19.7 Å². The number of hydrogen-bond acceptors (Lipinski definition) is 7. The molecule has 280 valence electrons. The fourth-order valence-electron chi connectivity index (χ4n) is 8.05. The van der Waals surface area contributed by atoms with Crippen molar-refractivity contribution in [2.75, 3.05) is 25.0 Å². The van der Waals surface area contributed by atoms with Gasteiger partial charge in [0.05, 0.1) is 17.7 Å². The number of benzene rings is 1. The Morgan fingerprint density at radius 3 is 2.32 bits per heavy atom. The Kier molecular flexibility index (Phi) is 10.6. The van der Waals surface area contributed by atoms with Crippen molar-refractivity contribution in [3.8, 4) is 5.75 Å². The summed E-state index contributed by atoms with van der Waals surface area (Å²) >= 11 is 0. The maximum absolute atomic E-state index is 13.2. The smallest absolute Gasteiger partial charge is 0.433 e. The van der Waals surface area contributed by atoms with Crippen molar-refractivity contribution in [1.29, 1.82) is 0 Å². The first kappa shape index (κ1) is 36.6. The zero-order valence-electron chi connectivity index (χ0n) is 30.0. The van der Waals surface area contributed by atoms with Crippen LogP contribution in [0.3, 0.4) is 0 Å². The SMILES string of the molecule is CC(C)Oc1cc2nc([C@H]3CC[C@H](CN4CCC(c5ccc([C@@H]6CCC(=O)NC6=O)cc5)CC4)CC3)cn2cc1NC(=O)c1cccc(C(F)(F)F)n1. The number of imide groups is 1. The van der Waals surface area contributed by atoms with E-state index >= 15 is 0 Å². The van der Waals surface area contributed by atoms with Crippen LogP contribution in [0.4, 0.5) is 18.9 Å². The average molecular weight is 731 g/mol. The molecule has 0 spiro atoms. The number of imidazole rings is 1. The molecule has 10 nitrogen and oxygen atoms in total. The summed E-state index contributed by atoms with van der Waals surface area (Å²) in [6.07, 6.45) is 6.25. The van der Waals surface area contributed by atoms with Crippen molar-refractivity contribution in [2.45, 2.75) is 95.2 Å². The van der Waals surface area contributed by atoms with Gasteiger partial charge in [-0.05, 0) is 107 Å². The minimum Gasteiger partial charge on any atom is -0.489 e. The number of pyridine rings is 2. The summed E-state index contributed by atoms with van der Waals surface area (Å²) in [6.45, 7) is 6.93. The number of hydrogen-bond donors (Lipinski definition) is 2. The van der Waals surface area contributed by atoms with Gasteiger partial charge in [-0.1, -0.05) is 30.3 Å². The monoisotopic (exact) mass is 730 g/mol. The Morgan fingerprint density at radius 2 is 1.64 bits per heavy atom. The summed E-state index contributed by atoms with van der Waals surface area (Å²) in [5.74, 6) is 0.407. The number of fused-ring (bicyclic) bond motifs is 1. The van der Waals surface area contributed by atoms with E-state index in [1.807, 2.05) is 24.4 Å². The number of likely N-dealkylation sites (tertiary alicyclic amines) is 1. The fraction of sp³-hybridized carbons (Fsp3) is 0.475. The topological polar surface area (TPSA) is 118 Å². The van der Waals surface area contributed by atoms with Gasteiger partial charge >= 0.3 is 6.18 Å². The molecule has 2 saturated heterocycles. The van der Waals surface area contributed by atoms with Crippen LogP contribution in [-0.4, -0.2) is 62.7 Å². The lowest BCUT2D eigenvalue weighted by Crippen LogP contribution is -2.39. The molecule has 7 rings (SSSR count).